The van der Waals surface area contributed by atoms with E-state index in [1.54, 1.807) is 6.20 Å². The van der Waals surface area contributed by atoms with E-state index in [2.05, 4.69) is 27.4 Å². The zero-order valence-corrected chi connectivity index (χ0v) is 20.2. The maximum absolute atomic E-state index is 6.28. The van der Waals surface area contributed by atoms with Gasteiger partial charge in [0.05, 0.1) is 11.1 Å². The summed E-state index contributed by atoms with van der Waals surface area (Å²) in [5, 5.41) is 7.58. The molecule has 29 heavy (non-hydrogen) atoms. The number of anilines is 1. The highest BCUT2D eigenvalue weighted by atomic mass is 127. The Morgan fingerprint density at radius 3 is 2.97 bits per heavy atom. The van der Waals surface area contributed by atoms with Gasteiger partial charge in [-0.05, 0) is 44.7 Å². The summed E-state index contributed by atoms with van der Waals surface area (Å²) >= 11 is 6.28. The van der Waals surface area contributed by atoms with Crippen LogP contribution in [0.4, 0.5) is 5.82 Å². The van der Waals surface area contributed by atoms with Crippen molar-refractivity contribution in [2.45, 2.75) is 44.8 Å². The fraction of sp³-hybridized carbons (Fsp3) is 0.700. The second-order valence-corrected chi connectivity index (χ2v) is 7.59. The molecule has 0 radical (unpaired) electrons. The molecule has 9 heteroatoms. The van der Waals surface area contributed by atoms with Crippen molar-refractivity contribution >= 4 is 47.4 Å². The Morgan fingerprint density at radius 1 is 1.38 bits per heavy atom. The molecule has 2 saturated heterocycles. The Kier molecular flexibility index (Phi) is 11.3. The maximum Gasteiger partial charge on any atom is 0.191 e. The molecule has 2 aliphatic rings. The molecule has 0 aliphatic carbocycles. The Bertz CT molecular complexity index is 631. The van der Waals surface area contributed by atoms with Crippen LogP contribution in [0.25, 0.3) is 0 Å². The van der Waals surface area contributed by atoms with E-state index >= 15 is 0 Å². The van der Waals surface area contributed by atoms with Crippen molar-refractivity contribution < 1.29 is 9.47 Å². The first kappa shape index (κ1) is 24.4. The van der Waals surface area contributed by atoms with Crippen molar-refractivity contribution in [1.82, 2.24) is 15.6 Å². The normalized spacial score (nSPS) is 20.4. The zero-order chi connectivity index (χ0) is 19.6. The number of nitrogens with zero attached hydrogens (tertiary/aromatic N) is 3. The van der Waals surface area contributed by atoms with E-state index in [0.717, 1.165) is 83.5 Å². The van der Waals surface area contributed by atoms with Crippen molar-refractivity contribution in [2.75, 3.05) is 50.9 Å². The van der Waals surface area contributed by atoms with Crippen LogP contribution in [0, 0.1) is 0 Å². The zero-order valence-electron chi connectivity index (χ0n) is 17.1. The minimum absolute atomic E-state index is 0. The molecule has 0 bridgehead atoms. The Balaban J connectivity index is 0.00000300. The molecule has 7 nitrogen and oxygen atoms in total. The summed E-state index contributed by atoms with van der Waals surface area (Å²) in [4.78, 5) is 11.3. The molecule has 0 aromatic carbocycles. The van der Waals surface area contributed by atoms with Crippen LogP contribution in [-0.4, -0.2) is 69.1 Å². The van der Waals surface area contributed by atoms with Gasteiger partial charge in [-0.2, -0.15) is 0 Å². The number of ether oxygens (including phenoxy) is 2. The van der Waals surface area contributed by atoms with Crippen molar-refractivity contribution in [2.24, 2.45) is 4.99 Å². The molecule has 164 valence electrons. The first-order valence-corrected chi connectivity index (χ1v) is 10.7. The van der Waals surface area contributed by atoms with Crippen LogP contribution in [0.1, 0.15) is 32.6 Å². The van der Waals surface area contributed by atoms with E-state index in [9.17, 15) is 0 Å². The summed E-state index contributed by atoms with van der Waals surface area (Å²) in [6, 6.07) is 4.08. The number of nitrogens with one attached hydrogen (secondary N) is 2. The third kappa shape index (κ3) is 8.07. The molecule has 2 fully saturated rings. The average molecular weight is 538 g/mol. The molecular weight excluding hydrogens is 505 g/mol. The smallest absolute Gasteiger partial charge is 0.191 e. The summed E-state index contributed by atoms with van der Waals surface area (Å²) in [5.74, 6) is 1.73. The standard InChI is InChI=1S/C20H32ClN5O2.HI/c1-2-22-20(24-10-4-12-28-17-7-13-27-14-8-17)25-16-6-11-26(15-16)19-18(21)5-3-9-23-19;/h3,5,9,16-17H,2,4,6-8,10-15H2,1H3,(H2,22,24,25);1H. The van der Waals surface area contributed by atoms with Gasteiger partial charge in [0.1, 0.15) is 5.82 Å². The van der Waals surface area contributed by atoms with Crippen LogP contribution in [0.2, 0.25) is 5.02 Å². The van der Waals surface area contributed by atoms with E-state index in [0.29, 0.717) is 17.2 Å². The van der Waals surface area contributed by atoms with E-state index in [1.807, 2.05) is 12.1 Å². The summed E-state index contributed by atoms with van der Waals surface area (Å²) in [5.41, 5.74) is 0. The predicted molar refractivity (Wildman–Crippen MR) is 129 cm³/mol. The summed E-state index contributed by atoms with van der Waals surface area (Å²) < 4.78 is 11.3. The van der Waals surface area contributed by atoms with E-state index in [-0.39, 0.29) is 24.0 Å². The van der Waals surface area contributed by atoms with Gasteiger partial charge in [0.15, 0.2) is 5.96 Å². The van der Waals surface area contributed by atoms with Crippen molar-refractivity contribution in [3.63, 3.8) is 0 Å². The quantitative estimate of drug-likeness (QED) is 0.230. The van der Waals surface area contributed by atoms with Crippen LogP contribution >= 0.6 is 35.6 Å². The first-order valence-electron chi connectivity index (χ1n) is 10.4. The highest BCUT2D eigenvalue weighted by Gasteiger charge is 2.25. The van der Waals surface area contributed by atoms with Crippen LogP contribution in [-0.2, 0) is 9.47 Å². The number of guanidine groups is 1. The largest absolute Gasteiger partial charge is 0.381 e. The van der Waals surface area contributed by atoms with Gasteiger partial charge in [-0.25, -0.2) is 4.98 Å². The number of halogens is 2. The van der Waals surface area contributed by atoms with Gasteiger partial charge in [0, 0.05) is 58.2 Å². The van der Waals surface area contributed by atoms with Gasteiger partial charge in [0.25, 0.3) is 0 Å². The van der Waals surface area contributed by atoms with Gasteiger partial charge >= 0.3 is 0 Å². The Labute approximate surface area is 196 Å². The fourth-order valence-electron chi connectivity index (χ4n) is 3.54. The molecule has 0 amide bonds. The minimum atomic E-state index is 0. The highest BCUT2D eigenvalue weighted by molar-refractivity contribution is 14.0. The molecule has 2 N–H and O–H groups in total. The number of hydrogen-bond acceptors (Lipinski definition) is 5. The molecular formula is C20H33ClIN5O2. The third-order valence-corrected chi connectivity index (χ3v) is 5.30. The van der Waals surface area contributed by atoms with Crippen LogP contribution in [0.3, 0.4) is 0 Å². The predicted octanol–water partition coefficient (Wildman–Crippen LogP) is 3.07. The minimum Gasteiger partial charge on any atom is -0.381 e. The fourth-order valence-corrected chi connectivity index (χ4v) is 3.78. The van der Waals surface area contributed by atoms with E-state index in [4.69, 9.17) is 26.1 Å². The van der Waals surface area contributed by atoms with Crippen LogP contribution in [0.15, 0.2) is 23.3 Å². The lowest BCUT2D eigenvalue weighted by Crippen LogP contribution is -2.44. The summed E-state index contributed by atoms with van der Waals surface area (Å²) in [7, 11) is 0. The van der Waals surface area contributed by atoms with Gasteiger partial charge in [-0.1, -0.05) is 11.6 Å². The molecule has 1 aromatic rings. The molecule has 1 unspecified atom stereocenters. The summed E-state index contributed by atoms with van der Waals surface area (Å²) in [6.07, 6.45) is 6.11. The van der Waals surface area contributed by atoms with Crippen molar-refractivity contribution in [3.8, 4) is 0 Å². The van der Waals surface area contributed by atoms with Gasteiger partial charge < -0.3 is 25.0 Å². The van der Waals surface area contributed by atoms with Crippen molar-refractivity contribution in [3.05, 3.63) is 23.4 Å². The number of pyridine rings is 1. The maximum atomic E-state index is 6.28. The van der Waals surface area contributed by atoms with Crippen LogP contribution < -0.4 is 15.5 Å². The topological polar surface area (TPSA) is 71.0 Å². The number of rotatable bonds is 8. The third-order valence-electron chi connectivity index (χ3n) is 5.01. The second-order valence-electron chi connectivity index (χ2n) is 7.18. The number of aromatic nitrogens is 1. The Hall–Kier alpha value is -0.840. The molecule has 1 atom stereocenters. The van der Waals surface area contributed by atoms with Crippen molar-refractivity contribution in [1.29, 1.82) is 0 Å². The monoisotopic (exact) mass is 537 g/mol. The summed E-state index contributed by atoms with van der Waals surface area (Å²) in [6.45, 7) is 7.87. The molecule has 2 aliphatic heterocycles. The number of aliphatic imine (C=N–C) groups is 1. The van der Waals surface area contributed by atoms with Gasteiger partial charge in [-0.15, -0.1) is 24.0 Å². The molecule has 3 rings (SSSR count). The molecule has 1 aromatic heterocycles. The van der Waals surface area contributed by atoms with Crippen LogP contribution in [0.5, 0.6) is 0 Å². The van der Waals surface area contributed by atoms with Gasteiger partial charge in [0.2, 0.25) is 0 Å². The van der Waals surface area contributed by atoms with Gasteiger partial charge in [-0.3, -0.25) is 4.99 Å². The second kappa shape index (κ2) is 13.5. The Morgan fingerprint density at radius 2 is 2.21 bits per heavy atom. The SMILES string of the molecule is CCNC(=NCCCOC1CCOCC1)NC1CCN(c2ncccc2Cl)C1.I. The molecule has 0 saturated carbocycles. The lowest BCUT2D eigenvalue weighted by atomic mass is 10.1. The first-order chi connectivity index (χ1) is 13.8. The van der Waals surface area contributed by atoms with E-state index < -0.39 is 0 Å². The molecule has 3 heterocycles. The lowest BCUT2D eigenvalue weighted by Gasteiger charge is -2.22. The van der Waals surface area contributed by atoms with E-state index in [1.165, 1.54) is 0 Å². The number of hydrogen-bond donors (Lipinski definition) is 2. The lowest BCUT2D eigenvalue weighted by molar-refractivity contribution is -0.0318. The highest BCUT2D eigenvalue weighted by Crippen LogP contribution is 2.25. The molecule has 0 spiro atoms. The average Bonchev–Trinajstić information content (AvgIpc) is 3.17.